The molecule has 3 heteroatoms. The Hall–Kier alpha value is -2.42. The van der Waals surface area contributed by atoms with Crippen LogP contribution in [0.15, 0.2) is 54.7 Å². The van der Waals surface area contributed by atoms with Crippen molar-refractivity contribution < 1.29 is 4.74 Å². The van der Waals surface area contributed by atoms with Crippen LogP contribution in [0, 0.1) is 0 Å². The molecular weight excluding hydrogens is 248 g/mol. The minimum atomic E-state index is 0.406. The summed E-state index contributed by atoms with van der Waals surface area (Å²) < 4.78 is 8.02. The number of rotatable bonds is 2. The summed E-state index contributed by atoms with van der Waals surface area (Å²) in [6, 6.07) is 16.5. The Labute approximate surface area is 117 Å². The van der Waals surface area contributed by atoms with Crippen LogP contribution in [0.5, 0.6) is 5.75 Å². The predicted octanol–water partition coefficient (Wildman–Crippen LogP) is 3.40. The Bertz CT molecular complexity index is 776. The molecule has 2 heterocycles. The smallest absolute Gasteiger partial charge is 0.122 e. The summed E-state index contributed by atoms with van der Waals surface area (Å²) in [6.45, 7) is 1.67. The minimum absolute atomic E-state index is 0.406. The maximum Gasteiger partial charge on any atom is 0.122 e. The molecule has 3 nitrogen and oxygen atoms in total. The van der Waals surface area contributed by atoms with Crippen LogP contribution in [-0.2, 0) is 6.54 Å². The first-order valence-electron chi connectivity index (χ1n) is 6.87. The highest BCUT2D eigenvalue weighted by atomic mass is 16.5. The summed E-state index contributed by atoms with van der Waals surface area (Å²) in [5, 5.41) is 1.23. The third-order valence-electron chi connectivity index (χ3n) is 4.01. The fourth-order valence-electron chi connectivity index (χ4n) is 2.98. The second kappa shape index (κ2) is 4.30. The highest BCUT2D eigenvalue weighted by Crippen LogP contribution is 2.35. The van der Waals surface area contributed by atoms with Gasteiger partial charge >= 0.3 is 0 Å². The Morgan fingerprint density at radius 1 is 1.15 bits per heavy atom. The lowest BCUT2D eigenvalue weighted by Crippen LogP contribution is -2.09. The van der Waals surface area contributed by atoms with E-state index in [1.54, 1.807) is 0 Å². The van der Waals surface area contributed by atoms with Gasteiger partial charge < -0.3 is 15.0 Å². The van der Waals surface area contributed by atoms with Crippen molar-refractivity contribution in [3.8, 4) is 5.75 Å². The molecule has 3 aromatic rings. The number of anilines is 1. The lowest BCUT2D eigenvalue weighted by atomic mass is 10.0. The van der Waals surface area contributed by atoms with E-state index >= 15 is 0 Å². The van der Waals surface area contributed by atoms with Crippen molar-refractivity contribution in [3.63, 3.8) is 0 Å². The molecule has 100 valence electrons. The number of para-hydroxylation sites is 1. The number of hydrogen-bond acceptors (Lipinski definition) is 2. The molecule has 0 aliphatic carbocycles. The van der Waals surface area contributed by atoms with Gasteiger partial charge in [-0.1, -0.05) is 24.3 Å². The summed E-state index contributed by atoms with van der Waals surface area (Å²) in [4.78, 5) is 0. The number of fused-ring (bicyclic) bond motifs is 2. The predicted molar refractivity (Wildman–Crippen MR) is 81.0 cm³/mol. The lowest BCUT2D eigenvalue weighted by Gasteiger charge is -2.11. The first-order valence-corrected chi connectivity index (χ1v) is 6.87. The highest BCUT2D eigenvalue weighted by Gasteiger charge is 2.24. The summed E-state index contributed by atoms with van der Waals surface area (Å²) in [6.07, 6.45) is 2.13. The normalized spacial score (nSPS) is 17.1. The summed E-state index contributed by atoms with van der Waals surface area (Å²) in [5.74, 6) is 1.43. The Balaban J connectivity index is 1.70. The summed E-state index contributed by atoms with van der Waals surface area (Å²) in [5.41, 5.74) is 9.20. The largest absolute Gasteiger partial charge is 0.493 e. The SMILES string of the molecule is Nc1ccc2ccn(CC3COc4ccccc43)c2c1. The van der Waals surface area contributed by atoms with Gasteiger partial charge in [0.1, 0.15) is 5.75 Å². The van der Waals surface area contributed by atoms with Gasteiger partial charge in [-0.25, -0.2) is 0 Å². The molecule has 1 aromatic heterocycles. The van der Waals surface area contributed by atoms with E-state index in [-0.39, 0.29) is 0 Å². The van der Waals surface area contributed by atoms with Gasteiger partial charge in [0.15, 0.2) is 0 Å². The van der Waals surface area contributed by atoms with Crippen LogP contribution in [0.25, 0.3) is 10.9 Å². The molecule has 0 radical (unpaired) electrons. The van der Waals surface area contributed by atoms with Crippen LogP contribution in [-0.4, -0.2) is 11.2 Å². The number of nitrogens with two attached hydrogens (primary N) is 1. The molecule has 0 spiro atoms. The van der Waals surface area contributed by atoms with Crippen LogP contribution in [0.1, 0.15) is 11.5 Å². The van der Waals surface area contributed by atoms with Gasteiger partial charge in [0.25, 0.3) is 0 Å². The molecule has 0 amide bonds. The zero-order valence-electron chi connectivity index (χ0n) is 11.1. The summed E-state index contributed by atoms with van der Waals surface area (Å²) >= 11 is 0. The van der Waals surface area contributed by atoms with E-state index in [2.05, 4.69) is 35.0 Å². The van der Waals surface area contributed by atoms with E-state index in [0.29, 0.717) is 5.92 Å². The van der Waals surface area contributed by atoms with Gasteiger partial charge in [-0.05, 0) is 29.7 Å². The van der Waals surface area contributed by atoms with Gasteiger partial charge in [-0.3, -0.25) is 0 Å². The molecule has 0 saturated heterocycles. The monoisotopic (exact) mass is 264 g/mol. The summed E-state index contributed by atoms with van der Waals surface area (Å²) in [7, 11) is 0. The molecule has 0 bridgehead atoms. The second-order valence-electron chi connectivity index (χ2n) is 5.33. The van der Waals surface area contributed by atoms with E-state index in [1.165, 1.54) is 16.5 Å². The Morgan fingerprint density at radius 3 is 3.00 bits per heavy atom. The second-order valence-corrected chi connectivity index (χ2v) is 5.33. The van der Waals surface area contributed by atoms with Crippen LogP contribution < -0.4 is 10.5 Å². The van der Waals surface area contributed by atoms with Crippen LogP contribution >= 0.6 is 0 Å². The Kier molecular flexibility index (Phi) is 2.46. The molecule has 1 unspecified atom stereocenters. The van der Waals surface area contributed by atoms with E-state index in [0.717, 1.165) is 24.6 Å². The van der Waals surface area contributed by atoms with Gasteiger partial charge in [-0.15, -0.1) is 0 Å². The van der Waals surface area contributed by atoms with Crippen molar-refractivity contribution in [2.75, 3.05) is 12.3 Å². The molecular formula is C17H16N2O. The fraction of sp³-hybridized carbons (Fsp3) is 0.176. The van der Waals surface area contributed by atoms with Gasteiger partial charge in [0.05, 0.1) is 12.1 Å². The quantitative estimate of drug-likeness (QED) is 0.721. The molecule has 4 rings (SSSR count). The topological polar surface area (TPSA) is 40.2 Å². The van der Waals surface area contributed by atoms with Gasteiger partial charge in [0, 0.05) is 29.9 Å². The molecule has 20 heavy (non-hydrogen) atoms. The molecule has 1 atom stereocenters. The number of nitrogen functional groups attached to an aromatic ring is 1. The molecule has 1 aliphatic rings. The zero-order valence-corrected chi connectivity index (χ0v) is 11.1. The molecule has 2 N–H and O–H groups in total. The van der Waals surface area contributed by atoms with Crippen LogP contribution in [0.4, 0.5) is 5.69 Å². The average Bonchev–Trinajstić information content (AvgIpc) is 3.05. The first kappa shape index (κ1) is 11.4. The minimum Gasteiger partial charge on any atom is -0.493 e. The van der Waals surface area contributed by atoms with E-state index in [1.807, 2.05) is 24.3 Å². The molecule has 0 fully saturated rings. The van der Waals surface area contributed by atoms with E-state index in [9.17, 15) is 0 Å². The molecule has 2 aromatic carbocycles. The Morgan fingerprint density at radius 2 is 2.05 bits per heavy atom. The fourth-order valence-corrected chi connectivity index (χ4v) is 2.98. The average molecular weight is 264 g/mol. The molecule has 1 aliphatic heterocycles. The van der Waals surface area contributed by atoms with Crippen molar-refractivity contribution in [2.24, 2.45) is 0 Å². The number of ether oxygens (including phenoxy) is 1. The van der Waals surface area contributed by atoms with E-state index in [4.69, 9.17) is 10.5 Å². The zero-order chi connectivity index (χ0) is 13.5. The van der Waals surface area contributed by atoms with Gasteiger partial charge in [-0.2, -0.15) is 0 Å². The number of benzene rings is 2. The standard InChI is InChI=1S/C17H16N2O/c18-14-6-5-12-7-8-19(16(12)9-14)10-13-11-20-17-4-2-1-3-15(13)17/h1-9,13H,10-11,18H2. The number of aromatic nitrogens is 1. The third kappa shape index (κ3) is 1.74. The third-order valence-corrected chi connectivity index (χ3v) is 4.01. The lowest BCUT2D eigenvalue weighted by molar-refractivity contribution is 0.320. The van der Waals surface area contributed by atoms with E-state index < -0.39 is 0 Å². The van der Waals surface area contributed by atoms with Crippen molar-refractivity contribution in [2.45, 2.75) is 12.5 Å². The van der Waals surface area contributed by atoms with Crippen molar-refractivity contribution in [1.29, 1.82) is 0 Å². The van der Waals surface area contributed by atoms with Crippen LogP contribution in [0.3, 0.4) is 0 Å². The number of nitrogens with zero attached hydrogens (tertiary/aromatic N) is 1. The van der Waals surface area contributed by atoms with Crippen LogP contribution in [0.2, 0.25) is 0 Å². The van der Waals surface area contributed by atoms with Crippen molar-refractivity contribution >= 4 is 16.6 Å². The maximum absolute atomic E-state index is 5.90. The molecule has 0 saturated carbocycles. The van der Waals surface area contributed by atoms with Gasteiger partial charge in [0.2, 0.25) is 0 Å². The highest BCUT2D eigenvalue weighted by molar-refractivity contribution is 5.83. The first-order chi connectivity index (χ1) is 9.81. The number of hydrogen-bond donors (Lipinski definition) is 1. The van der Waals surface area contributed by atoms with Crippen molar-refractivity contribution in [3.05, 3.63) is 60.3 Å². The maximum atomic E-state index is 5.90. The van der Waals surface area contributed by atoms with Crippen molar-refractivity contribution in [1.82, 2.24) is 4.57 Å².